The van der Waals surface area contributed by atoms with Gasteiger partial charge >= 0.3 is 6.01 Å². The molecule has 0 aliphatic heterocycles. The summed E-state index contributed by atoms with van der Waals surface area (Å²) in [5.74, 6) is -1.68. The Kier molecular flexibility index (Phi) is 4.64. The third-order valence-electron chi connectivity index (χ3n) is 3.37. The number of halogens is 2. The summed E-state index contributed by atoms with van der Waals surface area (Å²) in [5.41, 5.74) is 0.546. The number of ether oxygens (including phenoxy) is 1. The molecule has 8 heteroatoms. The Morgan fingerprint density at radius 2 is 1.92 bits per heavy atom. The standard InChI is InChI=1S/C16H14F2N4O2/c17-12-4-3-5-13(18)11(12)7-8-19-15(23)10-24-16-21-20-14-6-1-2-9-22(14)16/h1-6,9H,7-8,10H2,(H,19,23). The minimum absolute atomic E-state index is 0.0535. The van der Waals surface area contributed by atoms with Crippen molar-refractivity contribution in [3.05, 3.63) is 59.8 Å². The third-order valence-corrected chi connectivity index (χ3v) is 3.37. The number of hydrogen-bond donors (Lipinski definition) is 1. The van der Waals surface area contributed by atoms with Crippen molar-refractivity contribution in [3.8, 4) is 6.01 Å². The second-order valence-corrected chi connectivity index (χ2v) is 5.00. The number of rotatable bonds is 6. The lowest BCUT2D eigenvalue weighted by Crippen LogP contribution is -2.31. The number of hydrogen-bond acceptors (Lipinski definition) is 4. The molecule has 1 N–H and O–H groups in total. The van der Waals surface area contributed by atoms with Crippen LogP contribution in [0.3, 0.4) is 0 Å². The zero-order chi connectivity index (χ0) is 16.9. The number of carbonyl (C=O) groups is 1. The number of nitrogens with zero attached hydrogens (tertiary/aromatic N) is 3. The lowest BCUT2D eigenvalue weighted by molar-refractivity contribution is -0.123. The molecule has 0 fully saturated rings. The zero-order valence-corrected chi connectivity index (χ0v) is 12.6. The highest BCUT2D eigenvalue weighted by atomic mass is 19.1. The molecule has 0 saturated carbocycles. The van der Waals surface area contributed by atoms with Gasteiger partial charge in [-0.15, -0.1) is 5.10 Å². The number of carbonyl (C=O) groups excluding carboxylic acids is 1. The molecule has 0 atom stereocenters. The monoisotopic (exact) mass is 332 g/mol. The van der Waals surface area contributed by atoms with Crippen LogP contribution in [-0.2, 0) is 11.2 Å². The summed E-state index contributed by atoms with van der Waals surface area (Å²) in [6.07, 6.45) is 1.77. The van der Waals surface area contributed by atoms with Crippen LogP contribution < -0.4 is 10.1 Å². The molecule has 0 bridgehead atoms. The lowest BCUT2D eigenvalue weighted by Gasteiger charge is -2.07. The Bertz CT molecular complexity index is 846. The van der Waals surface area contributed by atoms with E-state index >= 15 is 0 Å². The van der Waals surface area contributed by atoms with Crippen molar-refractivity contribution in [2.75, 3.05) is 13.2 Å². The van der Waals surface area contributed by atoms with Crippen LogP contribution in [-0.4, -0.2) is 33.7 Å². The second-order valence-electron chi connectivity index (χ2n) is 5.00. The number of benzene rings is 1. The van der Waals surface area contributed by atoms with Gasteiger partial charge in [-0.05, 0) is 30.7 Å². The van der Waals surface area contributed by atoms with Crippen molar-refractivity contribution in [1.29, 1.82) is 0 Å². The van der Waals surface area contributed by atoms with Gasteiger partial charge in [0, 0.05) is 18.3 Å². The molecule has 0 aliphatic rings. The van der Waals surface area contributed by atoms with E-state index in [1.807, 2.05) is 6.07 Å². The number of fused-ring (bicyclic) bond motifs is 1. The van der Waals surface area contributed by atoms with Crippen LogP contribution >= 0.6 is 0 Å². The minimum Gasteiger partial charge on any atom is -0.453 e. The maximum Gasteiger partial charge on any atom is 0.322 e. The van der Waals surface area contributed by atoms with Crippen LogP contribution in [0.4, 0.5) is 8.78 Å². The van der Waals surface area contributed by atoms with Gasteiger partial charge < -0.3 is 10.1 Å². The number of amides is 1. The molecule has 0 spiro atoms. The van der Waals surface area contributed by atoms with E-state index < -0.39 is 17.5 Å². The molecule has 1 aromatic carbocycles. The Hall–Kier alpha value is -3.03. The molecule has 2 heterocycles. The van der Waals surface area contributed by atoms with Crippen LogP contribution in [0.25, 0.3) is 5.65 Å². The molecular weight excluding hydrogens is 318 g/mol. The van der Waals surface area contributed by atoms with Gasteiger partial charge in [0.15, 0.2) is 12.3 Å². The van der Waals surface area contributed by atoms with Gasteiger partial charge in [0.2, 0.25) is 0 Å². The second kappa shape index (κ2) is 7.03. The smallest absolute Gasteiger partial charge is 0.322 e. The molecule has 124 valence electrons. The van der Waals surface area contributed by atoms with E-state index in [0.717, 1.165) is 0 Å². The summed E-state index contributed by atoms with van der Waals surface area (Å²) in [4.78, 5) is 11.8. The Labute approximate surface area is 136 Å². The molecule has 0 aliphatic carbocycles. The average Bonchev–Trinajstić information content (AvgIpc) is 2.99. The molecule has 1 amide bonds. The van der Waals surface area contributed by atoms with E-state index in [9.17, 15) is 13.6 Å². The van der Waals surface area contributed by atoms with Crippen molar-refractivity contribution in [2.45, 2.75) is 6.42 Å². The van der Waals surface area contributed by atoms with Crippen molar-refractivity contribution >= 4 is 11.6 Å². The summed E-state index contributed by atoms with van der Waals surface area (Å²) in [6.45, 7) is -0.171. The third kappa shape index (κ3) is 3.48. The van der Waals surface area contributed by atoms with E-state index in [1.165, 1.54) is 18.2 Å². The number of nitrogens with one attached hydrogen (secondary N) is 1. The maximum absolute atomic E-state index is 13.5. The van der Waals surface area contributed by atoms with Gasteiger partial charge in [0.25, 0.3) is 5.91 Å². The predicted octanol–water partition coefficient (Wildman–Crippen LogP) is 1.75. The fourth-order valence-corrected chi connectivity index (χ4v) is 2.20. The van der Waals surface area contributed by atoms with Crippen molar-refractivity contribution in [3.63, 3.8) is 0 Å². The highest BCUT2D eigenvalue weighted by molar-refractivity contribution is 5.77. The Morgan fingerprint density at radius 3 is 2.71 bits per heavy atom. The molecule has 0 radical (unpaired) electrons. The highest BCUT2D eigenvalue weighted by Gasteiger charge is 2.10. The fraction of sp³-hybridized carbons (Fsp3) is 0.188. The summed E-state index contributed by atoms with van der Waals surface area (Å²) in [6, 6.07) is 9.20. The summed E-state index contributed by atoms with van der Waals surface area (Å²) >= 11 is 0. The van der Waals surface area contributed by atoms with Crippen LogP contribution in [0.15, 0.2) is 42.6 Å². The maximum atomic E-state index is 13.5. The average molecular weight is 332 g/mol. The molecule has 6 nitrogen and oxygen atoms in total. The van der Waals surface area contributed by atoms with E-state index in [2.05, 4.69) is 15.5 Å². The van der Waals surface area contributed by atoms with Gasteiger partial charge in [-0.1, -0.05) is 17.2 Å². The predicted molar refractivity (Wildman–Crippen MR) is 81.6 cm³/mol. The molecule has 2 aromatic heterocycles. The van der Waals surface area contributed by atoms with Crippen LogP contribution in [0.5, 0.6) is 6.01 Å². The zero-order valence-electron chi connectivity index (χ0n) is 12.6. The largest absolute Gasteiger partial charge is 0.453 e. The summed E-state index contributed by atoms with van der Waals surface area (Å²) in [5, 5.41) is 10.3. The first-order chi connectivity index (χ1) is 11.6. The van der Waals surface area contributed by atoms with Gasteiger partial charge in [-0.2, -0.15) is 0 Å². The van der Waals surface area contributed by atoms with Crippen LogP contribution in [0.1, 0.15) is 5.56 Å². The van der Waals surface area contributed by atoms with Gasteiger partial charge in [-0.3, -0.25) is 9.20 Å². The van der Waals surface area contributed by atoms with Crippen molar-refractivity contribution < 1.29 is 18.3 Å². The van der Waals surface area contributed by atoms with Crippen molar-refractivity contribution in [2.24, 2.45) is 0 Å². The summed E-state index contributed by atoms with van der Waals surface area (Å²) < 4.78 is 33.8. The molecule has 3 aromatic rings. The first-order valence-electron chi connectivity index (χ1n) is 7.27. The lowest BCUT2D eigenvalue weighted by atomic mass is 10.1. The van der Waals surface area contributed by atoms with E-state index in [0.29, 0.717) is 5.65 Å². The topological polar surface area (TPSA) is 68.5 Å². The normalized spacial score (nSPS) is 10.8. The minimum atomic E-state index is -0.629. The van der Waals surface area contributed by atoms with Crippen LogP contribution in [0, 0.1) is 11.6 Å². The molecule has 24 heavy (non-hydrogen) atoms. The summed E-state index contributed by atoms with van der Waals surface area (Å²) in [7, 11) is 0. The van der Waals surface area contributed by atoms with Gasteiger partial charge in [-0.25, -0.2) is 8.78 Å². The molecule has 3 rings (SSSR count). The SMILES string of the molecule is O=C(COc1nnc2ccccn12)NCCc1c(F)cccc1F. The van der Waals surface area contributed by atoms with E-state index in [-0.39, 0.29) is 31.1 Å². The first-order valence-corrected chi connectivity index (χ1v) is 7.27. The fourth-order valence-electron chi connectivity index (χ4n) is 2.20. The van der Waals surface area contributed by atoms with E-state index in [1.54, 1.807) is 22.7 Å². The Balaban J connectivity index is 1.50. The van der Waals surface area contributed by atoms with Gasteiger partial charge in [0.1, 0.15) is 11.6 Å². The number of aromatic nitrogens is 3. The van der Waals surface area contributed by atoms with Gasteiger partial charge in [0.05, 0.1) is 0 Å². The van der Waals surface area contributed by atoms with Crippen LogP contribution in [0.2, 0.25) is 0 Å². The number of pyridine rings is 1. The van der Waals surface area contributed by atoms with E-state index in [4.69, 9.17) is 4.74 Å². The molecule has 0 saturated heterocycles. The molecular formula is C16H14F2N4O2. The Morgan fingerprint density at radius 1 is 1.12 bits per heavy atom. The first kappa shape index (κ1) is 15.9. The highest BCUT2D eigenvalue weighted by Crippen LogP contribution is 2.12. The van der Waals surface area contributed by atoms with Crippen molar-refractivity contribution in [1.82, 2.24) is 19.9 Å². The molecule has 0 unspecified atom stereocenters. The quantitative estimate of drug-likeness (QED) is 0.747.